The summed E-state index contributed by atoms with van der Waals surface area (Å²) in [6.07, 6.45) is 7.24. The van der Waals surface area contributed by atoms with Gasteiger partial charge in [0.05, 0.1) is 6.04 Å². The highest BCUT2D eigenvalue weighted by molar-refractivity contribution is 7.11. The molecule has 1 heterocycles. The van der Waals surface area contributed by atoms with Crippen molar-refractivity contribution in [2.24, 2.45) is 0 Å². The van der Waals surface area contributed by atoms with Crippen LogP contribution in [0.5, 0.6) is 0 Å². The first kappa shape index (κ1) is 13.4. The first-order valence-electron chi connectivity index (χ1n) is 5.96. The maximum absolute atomic E-state index is 4.46. The molecule has 2 nitrogen and oxygen atoms in total. The summed E-state index contributed by atoms with van der Waals surface area (Å²) in [5, 5.41) is 4.84. The second-order valence-corrected chi connectivity index (χ2v) is 5.47. The minimum atomic E-state index is 0.401. The standard InChI is InChI=1S/C13H22N2S/c1-5-7-8-10(3)15-12(6-2)13-14-9-11(4)16-13/h5,9-10,12,15H,1,6-8H2,2-4H3. The van der Waals surface area contributed by atoms with Gasteiger partial charge in [-0.1, -0.05) is 13.0 Å². The molecule has 0 aliphatic rings. The summed E-state index contributed by atoms with van der Waals surface area (Å²) in [4.78, 5) is 5.74. The molecule has 0 fully saturated rings. The Morgan fingerprint density at radius 2 is 2.38 bits per heavy atom. The second kappa shape index (κ2) is 6.81. The fraction of sp³-hybridized carbons (Fsp3) is 0.615. The Morgan fingerprint density at radius 3 is 2.88 bits per heavy atom. The third kappa shape index (κ3) is 4.06. The quantitative estimate of drug-likeness (QED) is 0.730. The molecular formula is C13H22N2S. The summed E-state index contributed by atoms with van der Waals surface area (Å²) in [6, 6.07) is 0.922. The van der Waals surface area contributed by atoms with Gasteiger partial charge < -0.3 is 5.32 Å². The lowest BCUT2D eigenvalue weighted by Gasteiger charge is -2.20. The van der Waals surface area contributed by atoms with E-state index in [-0.39, 0.29) is 0 Å². The molecular weight excluding hydrogens is 216 g/mol. The Kier molecular flexibility index (Phi) is 5.71. The van der Waals surface area contributed by atoms with Crippen LogP contribution in [-0.4, -0.2) is 11.0 Å². The minimum absolute atomic E-state index is 0.401. The molecule has 0 saturated carbocycles. The fourth-order valence-electron chi connectivity index (χ4n) is 1.69. The van der Waals surface area contributed by atoms with Crippen molar-refractivity contribution in [1.82, 2.24) is 10.3 Å². The number of nitrogens with zero attached hydrogens (tertiary/aromatic N) is 1. The Morgan fingerprint density at radius 1 is 1.62 bits per heavy atom. The van der Waals surface area contributed by atoms with E-state index in [1.807, 2.05) is 12.3 Å². The number of aryl methyl sites for hydroxylation is 1. The molecule has 1 rings (SSSR count). The zero-order valence-corrected chi connectivity index (χ0v) is 11.3. The molecule has 1 aromatic heterocycles. The van der Waals surface area contributed by atoms with Crippen molar-refractivity contribution in [2.75, 3.05) is 0 Å². The van der Waals surface area contributed by atoms with E-state index >= 15 is 0 Å². The molecule has 0 radical (unpaired) electrons. The molecule has 0 spiro atoms. The van der Waals surface area contributed by atoms with E-state index in [1.54, 1.807) is 11.3 Å². The SMILES string of the molecule is C=CCCC(C)NC(CC)c1ncc(C)s1. The van der Waals surface area contributed by atoms with Crippen molar-refractivity contribution in [2.45, 2.75) is 52.1 Å². The summed E-state index contributed by atoms with van der Waals surface area (Å²) in [5.41, 5.74) is 0. The van der Waals surface area contributed by atoms with Gasteiger partial charge in [0.15, 0.2) is 0 Å². The Balaban J connectivity index is 2.51. The van der Waals surface area contributed by atoms with Crippen LogP contribution < -0.4 is 5.32 Å². The molecule has 0 amide bonds. The number of aromatic nitrogens is 1. The van der Waals surface area contributed by atoms with E-state index in [2.05, 4.69) is 37.7 Å². The predicted molar refractivity (Wildman–Crippen MR) is 71.9 cm³/mol. The Labute approximate surface area is 103 Å². The van der Waals surface area contributed by atoms with Crippen LogP contribution in [0.2, 0.25) is 0 Å². The predicted octanol–water partition coefficient (Wildman–Crippen LogP) is 3.85. The van der Waals surface area contributed by atoms with Crippen LogP contribution in [0.25, 0.3) is 0 Å². The van der Waals surface area contributed by atoms with Crippen molar-refractivity contribution in [3.05, 3.63) is 28.7 Å². The molecule has 0 aromatic carbocycles. The lowest BCUT2D eigenvalue weighted by Crippen LogP contribution is -2.30. The van der Waals surface area contributed by atoms with Gasteiger partial charge in [-0.3, -0.25) is 0 Å². The van der Waals surface area contributed by atoms with E-state index in [4.69, 9.17) is 0 Å². The van der Waals surface area contributed by atoms with Gasteiger partial charge in [-0.25, -0.2) is 4.98 Å². The van der Waals surface area contributed by atoms with Gasteiger partial charge in [-0.2, -0.15) is 0 Å². The summed E-state index contributed by atoms with van der Waals surface area (Å²) < 4.78 is 0. The van der Waals surface area contributed by atoms with E-state index in [0.29, 0.717) is 12.1 Å². The van der Waals surface area contributed by atoms with E-state index < -0.39 is 0 Å². The van der Waals surface area contributed by atoms with E-state index in [1.165, 1.54) is 9.88 Å². The molecule has 1 N–H and O–H groups in total. The highest BCUT2D eigenvalue weighted by atomic mass is 32.1. The number of nitrogens with one attached hydrogen (secondary N) is 1. The van der Waals surface area contributed by atoms with Crippen molar-refractivity contribution in [1.29, 1.82) is 0 Å². The molecule has 0 bridgehead atoms. The van der Waals surface area contributed by atoms with Crippen LogP contribution in [0.4, 0.5) is 0 Å². The maximum Gasteiger partial charge on any atom is 0.110 e. The largest absolute Gasteiger partial charge is 0.305 e. The zero-order chi connectivity index (χ0) is 12.0. The first-order valence-corrected chi connectivity index (χ1v) is 6.78. The number of thiazole rings is 1. The monoisotopic (exact) mass is 238 g/mol. The Hall–Kier alpha value is -0.670. The number of hydrogen-bond donors (Lipinski definition) is 1. The average molecular weight is 238 g/mol. The topological polar surface area (TPSA) is 24.9 Å². The van der Waals surface area contributed by atoms with Gasteiger partial charge >= 0.3 is 0 Å². The molecule has 0 aliphatic heterocycles. The number of allylic oxidation sites excluding steroid dienone is 1. The van der Waals surface area contributed by atoms with Crippen LogP contribution in [0.15, 0.2) is 18.9 Å². The smallest absolute Gasteiger partial charge is 0.110 e. The van der Waals surface area contributed by atoms with E-state index in [0.717, 1.165) is 19.3 Å². The minimum Gasteiger partial charge on any atom is -0.305 e. The molecule has 90 valence electrons. The highest BCUT2D eigenvalue weighted by Gasteiger charge is 2.14. The van der Waals surface area contributed by atoms with Gasteiger partial charge in [-0.15, -0.1) is 17.9 Å². The molecule has 16 heavy (non-hydrogen) atoms. The third-order valence-electron chi connectivity index (χ3n) is 2.64. The zero-order valence-electron chi connectivity index (χ0n) is 10.5. The summed E-state index contributed by atoms with van der Waals surface area (Å²) >= 11 is 1.79. The van der Waals surface area contributed by atoms with E-state index in [9.17, 15) is 0 Å². The van der Waals surface area contributed by atoms with Crippen molar-refractivity contribution in [3.8, 4) is 0 Å². The molecule has 2 atom stereocenters. The number of rotatable bonds is 7. The van der Waals surface area contributed by atoms with Gasteiger partial charge in [0.1, 0.15) is 5.01 Å². The maximum atomic E-state index is 4.46. The molecule has 2 unspecified atom stereocenters. The number of hydrogen-bond acceptors (Lipinski definition) is 3. The van der Waals surface area contributed by atoms with Crippen LogP contribution in [0.3, 0.4) is 0 Å². The summed E-state index contributed by atoms with van der Waals surface area (Å²) in [7, 11) is 0. The normalized spacial score (nSPS) is 14.7. The van der Waals surface area contributed by atoms with Crippen LogP contribution in [0.1, 0.15) is 49.0 Å². The third-order valence-corrected chi connectivity index (χ3v) is 3.66. The molecule has 0 aliphatic carbocycles. The summed E-state index contributed by atoms with van der Waals surface area (Å²) in [6.45, 7) is 10.3. The van der Waals surface area contributed by atoms with Crippen molar-refractivity contribution < 1.29 is 0 Å². The van der Waals surface area contributed by atoms with Crippen molar-refractivity contribution in [3.63, 3.8) is 0 Å². The van der Waals surface area contributed by atoms with Crippen LogP contribution in [0, 0.1) is 6.92 Å². The lowest BCUT2D eigenvalue weighted by molar-refractivity contribution is 0.428. The van der Waals surface area contributed by atoms with Gasteiger partial charge in [0.2, 0.25) is 0 Å². The second-order valence-electron chi connectivity index (χ2n) is 4.20. The summed E-state index contributed by atoms with van der Waals surface area (Å²) in [5.74, 6) is 0. The lowest BCUT2D eigenvalue weighted by atomic mass is 10.1. The van der Waals surface area contributed by atoms with Gasteiger partial charge in [-0.05, 0) is 33.1 Å². The van der Waals surface area contributed by atoms with Crippen molar-refractivity contribution >= 4 is 11.3 Å². The molecule has 1 aromatic rings. The molecule has 3 heteroatoms. The van der Waals surface area contributed by atoms with Gasteiger partial charge in [0, 0.05) is 17.1 Å². The fourth-order valence-corrected chi connectivity index (χ4v) is 2.61. The van der Waals surface area contributed by atoms with Crippen LogP contribution in [-0.2, 0) is 0 Å². The van der Waals surface area contributed by atoms with Crippen LogP contribution >= 0.6 is 11.3 Å². The Bertz CT molecular complexity index is 319. The average Bonchev–Trinajstić information content (AvgIpc) is 2.69. The molecule has 0 saturated heterocycles. The first-order chi connectivity index (χ1) is 7.67. The highest BCUT2D eigenvalue weighted by Crippen LogP contribution is 2.22. The van der Waals surface area contributed by atoms with Gasteiger partial charge in [0.25, 0.3) is 0 Å².